The second kappa shape index (κ2) is 8.82. The van der Waals surface area contributed by atoms with Crippen molar-refractivity contribution in [3.8, 4) is 0 Å². The maximum Gasteiger partial charge on any atom is 0.0169 e. The zero-order valence-corrected chi connectivity index (χ0v) is 17.7. The Morgan fingerprint density at radius 3 is 2.18 bits per heavy atom. The van der Waals surface area contributed by atoms with Crippen molar-refractivity contribution in [3.63, 3.8) is 0 Å². The Morgan fingerprint density at radius 1 is 0.893 bits per heavy atom. The normalized spacial score (nSPS) is 33.1. The van der Waals surface area contributed by atoms with Crippen molar-refractivity contribution in [1.29, 1.82) is 0 Å². The van der Waals surface area contributed by atoms with Gasteiger partial charge < -0.3 is 5.32 Å². The molecule has 4 rings (SSSR count). The Bertz CT molecular complexity index is 716. The fraction of sp³-hybridized carbons (Fsp3) is 0.556. The summed E-state index contributed by atoms with van der Waals surface area (Å²) in [7, 11) is 0. The third-order valence-electron chi connectivity index (χ3n) is 7.69. The molecule has 3 unspecified atom stereocenters. The van der Waals surface area contributed by atoms with E-state index in [-0.39, 0.29) is 5.41 Å². The smallest absolute Gasteiger partial charge is 0.0169 e. The van der Waals surface area contributed by atoms with E-state index in [1.54, 1.807) is 5.56 Å². The van der Waals surface area contributed by atoms with Crippen LogP contribution < -0.4 is 5.32 Å². The van der Waals surface area contributed by atoms with Gasteiger partial charge in [0.1, 0.15) is 0 Å². The largest absolute Gasteiger partial charge is 0.310 e. The van der Waals surface area contributed by atoms with Crippen LogP contribution in [0, 0.1) is 11.8 Å². The summed E-state index contributed by atoms with van der Waals surface area (Å²) < 4.78 is 0. The molecule has 3 atom stereocenters. The molecule has 1 N–H and O–H groups in total. The molecule has 28 heavy (non-hydrogen) atoms. The summed E-state index contributed by atoms with van der Waals surface area (Å²) in [4.78, 5) is 0. The van der Waals surface area contributed by atoms with Gasteiger partial charge in [-0.15, -0.1) is 0 Å². The van der Waals surface area contributed by atoms with Crippen LogP contribution in [-0.2, 0) is 11.8 Å². The van der Waals surface area contributed by atoms with E-state index in [0.29, 0.717) is 12.1 Å². The van der Waals surface area contributed by atoms with Crippen LogP contribution in [0.3, 0.4) is 0 Å². The molecule has 2 aliphatic carbocycles. The Morgan fingerprint density at radius 2 is 1.54 bits per heavy atom. The highest BCUT2D eigenvalue weighted by molar-refractivity contribution is 5.31. The van der Waals surface area contributed by atoms with Gasteiger partial charge in [0, 0.05) is 17.5 Å². The summed E-state index contributed by atoms with van der Waals surface area (Å²) in [6, 6.07) is 23.8. The van der Waals surface area contributed by atoms with Gasteiger partial charge in [0.25, 0.3) is 0 Å². The molecule has 0 bridgehead atoms. The molecular formula is C27H37N. The van der Waals surface area contributed by atoms with Crippen LogP contribution in [0.5, 0.6) is 0 Å². The van der Waals surface area contributed by atoms with Crippen molar-refractivity contribution in [2.45, 2.75) is 82.7 Å². The van der Waals surface area contributed by atoms with Gasteiger partial charge in [-0.25, -0.2) is 0 Å². The average molecular weight is 376 g/mol. The molecule has 1 nitrogen and oxygen atoms in total. The van der Waals surface area contributed by atoms with Crippen LogP contribution in [0.1, 0.15) is 69.9 Å². The van der Waals surface area contributed by atoms with Crippen molar-refractivity contribution in [1.82, 2.24) is 5.32 Å². The molecule has 150 valence electrons. The van der Waals surface area contributed by atoms with Crippen LogP contribution in [0.4, 0.5) is 0 Å². The van der Waals surface area contributed by atoms with E-state index in [1.165, 1.54) is 56.9 Å². The lowest BCUT2D eigenvalue weighted by atomic mass is 9.72. The minimum atomic E-state index is 0.282. The molecule has 0 saturated heterocycles. The Labute approximate surface area is 172 Å². The highest BCUT2D eigenvalue weighted by Crippen LogP contribution is 2.48. The minimum Gasteiger partial charge on any atom is -0.310 e. The number of nitrogens with one attached hydrogen (secondary N) is 1. The summed E-state index contributed by atoms with van der Waals surface area (Å²) in [5, 5.41) is 4.19. The first-order valence-corrected chi connectivity index (χ1v) is 11.5. The van der Waals surface area contributed by atoms with Crippen LogP contribution in [0.15, 0.2) is 60.7 Å². The predicted octanol–water partition coefficient (Wildman–Crippen LogP) is 6.52. The molecule has 0 amide bonds. The van der Waals surface area contributed by atoms with Gasteiger partial charge in [0.05, 0.1) is 0 Å². The first-order chi connectivity index (χ1) is 13.7. The van der Waals surface area contributed by atoms with Gasteiger partial charge in [-0.3, -0.25) is 0 Å². The second-order valence-corrected chi connectivity index (χ2v) is 9.55. The molecule has 0 heterocycles. The molecule has 2 aromatic rings. The van der Waals surface area contributed by atoms with Crippen molar-refractivity contribution in [3.05, 3.63) is 71.8 Å². The predicted molar refractivity (Wildman–Crippen MR) is 120 cm³/mol. The summed E-state index contributed by atoms with van der Waals surface area (Å²) in [6.45, 7) is 4.83. The molecule has 2 aliphatic rings. The van der Waals surface area contributed by atoms with Crippen molar-refractivity contribution < 1.29 is 0 Å². The lowest BCUT2D eigenvalue weighted by Crippen LogP contribution is -2.49. The quantitative estimate of drug-likeness (QED) is 0.605. The van der Waals surface area contributed by atoms with E-state index >= 15 is 0 Å². The molecular weight excluding hydrogens is 338 g/mol. The molecule has 0 aromatic heterocycles. The fourth-order valence-electron chi connectivity index (χ4n) is 6.03. The standard InChI is InChI=1S/C27H37N/c1-3-27(24-12-8-5-9-13-24)20-23(18-22-10-6-4-7-11-22)19-26(27)28-25-16-14-21(2)15-17-25/h4-13,21,23,25-26,28H,3,14-20H2,1-2H3. The number of benzene rings is 2. The highest BCUT2D eigenvalue weighted by Gasteiger charge is 2.47. The van der Waals surface area contributed by atoms with E-state index in [0.717, 1.165) is 11.8 Å². The Balaban J connectivity index is 1.56. The average Bonchev–Trinajstić information content (AvgIpc) is 3.09. The molecule has 0 radical (unpaired) electrons. The molecule has 2 saturated carbocycles. The van der Waals surface area contributed by atoms with E-state index in [2.05, 4.69) is 79.8 Å². The van der Waals surface area contributed by atoms with Crippen molar-refractivity contribution in [2.24, 2.45) is 11.8 Å². The summed E-state index contributed by atoms with van der Waals surface area (Å²) in [5.74, 6) is 1.68. The highest BCUT2D eigenvalue weighted by atomic mass is 15.0. The van der Waals surface area contributed by atoms with Gasteiger partial charge >= 0.3 is 0 Å². The van der Waals surface area contributed by atoms with Crippen molar-refractivity contribution in [2.75, 3.05) is 0 Å². The maximum absolute atomic E-state index is 4.19. The minimum absolute atomic E-state index is 0.282. The monoisotopic (exact) mass is 375 g/mol. The first kappa shape index (κ1) is 19.7. The van der Waals surface area contributed by atoms with E-state index in [9.17, 15) is 0 Å². The first-order valence-electron chi connectivity index (χ1n) is 11.5. The number of rotatable bonds is 6. The SMILES string of the molecule is CCC1(c2ccccc2)CC(Cc2ccccc2)CC1NC1CCC(C)CC1. The molecule has 2 fully saturated rings. The third kappa shape index (κ3) is 4.20. The van der Waals surface area contributed by atoms with Gasteiger partial charge in [-0.2, -0.15) is 0 Å². The van der Waals surface area contributed by atoms with Crippen LogP contribution in [0.25, 0.3) is 0 Å². The molecule has 1 heteroatoms. The zero-order valence-electron chi connectivity index (χ0n) is 17.7. The lowest BCUT2D eigenvalue weighted by Gasteiger charge is -2.39. The van der Waals surface area contributed by atoms with Crippen LogP contribution in [-0.4, -0.2) is 12.1 Å². The second-order valence-electron chi connectivity index (χ2n) is 9.55. The third-order valence-corrected chi connectivity index (χ3v) is 7.69. The van der Waals surface area contributed by atoms with Crippen LogP contribution >= 0.6 is 0 Å². The summed E-state index contributed by atoms with van der Waals surface area (Å²) in [6.07, 6.45) is 10.6. The van der Waals surface area contributed by atoms with Crippen LogP contribution in [0.2, 0.25) is 0 Å². The zero-order chi connectivity index (χ0) is 19.4. The van der Waals surface area contributed by atoms with Gasteiger partial charge in [-0.1, -0.05) is 74.5 Å². The number of hydrogen-bond acceptors (Lipinski definition) is 1. The van der Waals surface area contributed by atoms with E-state index in [4.69, 9.17) is 0 Å². The van der Waals surface area contributed by atoms with Gasteiger partial charge in [0.15, 0.2) is 0 Å². The number of hydrogen-bond donors (Lipinski definition) is 1. The molecule has 0 spiro atoms. The van der Waals surface area contributed by atoms with Gasteiger partial charge in [-0.05, 0) is 74.3 Å². The lowest BCUT2D eigenvalue weighted by molar-refractivity contribution is 0.241. The van der Waals surface area contributed by atoms with E-state index in [1.807, 2.05) is 0 Å². The Kier molecular flexibility index (Phi) is 6.21. The van der Waals surface area contributed by atoms with E-state index < -0.39 is 0 Å². The van der Waals surface area contributed by atoms with Gasteiger partial charge in [0.2, 0.25) is 0 Å². The fourth-order valence-corrected chi connectivity index (χ4v) is 6.03. The maximum atomic E-state index is 4.19. The molecule has 2 aromatic carbocycles. The molecule has 0 aliphatic heterocycles. The summed E-state index contributed by atoms with van der Waals surface area (Å²) >= 11 is 0. The van der Waals surface area contributed by atoms with Crippen molar-refractivity contribution >= 4 is 0 Å². The Hall–Kier alpha value is -1.60. The summed E-state index contributed by atoms with van der Waals surface area (Å²) in [5.41, 5.74) is 3.33. The topological polar surface area (TPSA) is 12.0 Å².